The lowest BCUT2D eigenvalue weighted by Crippen LogP contribution is -2.12. The molecule has 6 heteroatoms. The normalized spacial score (nSPS) is 14.6. The fourth-order valence-electron chi connectivity index (χ4n) is 3.68. The zero-order valence-corrected chi connectivity index (χ0v) is 16.9. The molecule has 5 rings (SSSR count). The summed E-state index contributed by atoms with van der Waals surface area (Å²) in [5, 5.41) is 23.1. The molecule has 0 aliphatic heterocycles. The van der Waals surface area contributed by atoms with Gasteiger partial charge in [-0.05, 0) is 68.1 Å². The van der Waals surface area contributed by atoms with Crippen molar-refractivity contribution in [1.29, 1.82) is 0 Å². The number of fused-ring (bicyclic) bond motifs is 1. The van der Waals surface area contributed by atoms with Crippen LogP contribution in [0.5, 0.6) is 0 Å². The predicted octanol–water partition coefficient (Wildman–Crippen LogP) is 5.58. The van der Waals surface area contributed by atoms with Gasteiger partial charge in [-0.25, -0.2) is 4.39 Å². The third-order valence-electron chi connectivity index (χ3n) is 5.57. The molecule has 0 amide bonds. The van der Waals surface area contributed by atoms with Crippen molar-refractivity contribution in [2.75, 3.05) is 5.32 Å². The third kappa shape index (κ3) is 3.61. The smallest absolute Gasteiger partial charge is 0.157 e. The molecule has 1 saturated carbocycles. The Morgan fingerprint density at radius 2 is 1.63 bits per heavy atom. The molecule has 2 aromatic heterocycles. The largest absolute Gasteiger partial charge is 0.360 e. The summed E-state index contributed by atoms with van der Waals surface area (Å²) in [6.45, 7) is 3.95. The standard InChI is InChI=1S/C24H22FN5/c1-14-3-12-22(28-27-14)15(2)26-24-21-13-18(16-6-9-19(25)10-7-16)8-11-20(21)23(29-30-24)17-4-5-17/h3,6-13,15,17H,4-5H2,1-2H3,(H,26,30). The number of nitrogens with zero attached hydrogens (tertiary/aromatic N) is 4. The summed E-state index contributed by atoms with van der Waals surface area (Å²) >= 11 is 0. The minimum absolute atomic E-state index is 0.0724. The van der Waals surface area contributed by atoms with Gasteiger partial charge >= 0.3 is 0 Å². The quantitative estimate of drug-likeness (QED) is 0.474. The number of hydrogen-bond donors (Lipinski definition) is 1. The minimum Gasteiger partial charge on any atom is -0.360 e. The van der Waals surface area contributed by atoms with E-state index >= 15 is 0 Å². The maximum absolute atomic E-state index is 13.4. The molecular formula is C24H22FN5. The van der Waals surface area contributed by atoms with E-state index in [-0.39, 0.29) is 11.9 Å². The van der Waals surface area contributed by atoms with Gasteiger partial charge in [-0.3, -0.25) is 0 Å². The van der Waals surface area contributed by atoms with Gasteiger partial charge in [0.05, 0.1) is 23.1 Å². The molecule has 2 heterocycles. The van der Waals surface area contributed by atoms with Crippen molar-refractivity contribution in [3.8, 4) is 11.1 Å². The summed E-state index contributed by atoms with van der Waals surface area (Å²) < 4.78 is 13.4. The molecule has 1 aliphatic rings. The van der Waals surface area contributed by atoms with E-state index in [0.29, 0.717) is 11.7 Å². The van der Waals surface area contributed by atoms with E-state index in [9.17, 15) is 4.39 Å². The molecule has 1 N–H and O–H groups in total. The van der Waals surface area contributed by atoms with Crippen molar-refractivity contribution in [3.63, 3.8) is 0 Å². The van der Waals surface area contributed by atoms with Crippen molar-refractivity contribution in [3.05, 3.63) is 77.5 Å². The van der Waals surface area contributed by atoms with Crippen LogP contribution >= 0.6 is 0 Å². The number of nitrogens with one attached hydrogen (secondary N) is 1. The molecule has 0 saturated heterocycles. The molecular weight excluding hydrogens is 377 g/mol. The predicted molar refractivity (Wildman–Crippen MR) is 116 cm³/mol. The summed E-state index contributed by atoms with van der Waals surface area (Å²) in [5.41, 5.74) is 4.77. The van der Waals surface area contributed by atoms with E-state index in [0.717, 1.165) is 51.8 Å². The van der Waals surface area contributed by atoms with Crippen LogP contribution < -0.4 is 5.32 Å². The van der Waals surface area contributed by atoms with E-state index in [1.807, 2.05) is 26.0 Å². The number of aryl methyl sites for hydroxylation is 1. The van der Waals surface area contributed by atoms with Gasteiger partial charge in [0.25, 0.3) is 0 Å². The van der Waals surface area contributed by atoms with Gasteiger partial charge in [-0.2, -0.15) is 15.3 Å². The van der Waals surface area contributed by atoms with Crippen LogP contribution in [0, 0.1) is 12.7 Å². The maximum Gasteiger partial charge on any atom is 0.157 e. The Morgan fingerprint density at radius 3 is 2.33 bits per heavy atom. The van der Waals surface area contributed by atoms with Crippen LogP contribution in [0.4, 0.5) is 10.2 Å². The van der Waals surface area contributed by atoms with Crippen molar-refractivity contribution < 1.29 is 4.39 Å². The first-order chi connectivity index (χ1) is 14.6. The van der Waals surface area contributed by atoms with E-state index in [1.165, 1.54) is 12.1 Å². The van der Waals surface area contributed by atoms with Crippen molar-refractivity contribution in [1.82, 2.24) is 20.4 Å². The lowest BCUT2D eigenvalue weighted by molar-refractivity contribution is 0.628. The Kier molecular flexibility index (Phi) is 4.62. The molecule has 2 aromatic carbocycles. The van der Waals surface area contributed by atoms with E-state index in [2.05, 4.69) is 43.9 Å². The van der Waals surface area contributed by atoms with Crippen LogP contribution in [0.15, 0.2) is 54.6 Å². The first-order valence-corrected chi connectivity index (χ1v) is 10.2. The number of rotatable bonds is 5. The fourth-order valence-corrected chi connectivity index (χ4v) is 3.68. The Balaban J connectivity index is 1.57. The van der Waals surface area contributed by atoms with Crippen molar-refractivity contribution >= 4 is 16.6 Å². The van der Waals surface area contributed by atoms with E-state index in [4.69, 9.17) is 0 Å². The van der Waals surface area contributed by atoms with Crippen molar-refractivity contribution in [2.24, 2.45) is 0 Å². The summed E-state index contributed by atoms with van der Waals surface area (Å²) in [6.07, 6.45) is 2.32. The summed E-state index contributed by atoms with van der Waals surface area (Å²) in [7, 11) is 0. The number of hydrogen-bond acceptors (Lipinski definition) is 5. The highest BCUT2D eigenvalue weighted by molar-refractivity contribution is 5.96. The molecule has 1 atom stereocenters. The van der Waals surface area contributed by atoms with Crippen LogP contribution in [-0.2, 0) is 0 Å². The van der Waals surface area contributed by atoms with E-state index < -0.39 is 0 Å². The Labute approximate surface area is 174 Å². The van der Waals surface area contributed by atoms with Crippen LogP contribution in [0.25, 0.3) is 21.9 Å². The molecule has 5 nitrogen and oxygen atoms in total. The van der Waals surface area contributed by atoms with Gasteiger partial charge < -0.3 is 5.32 Å². The van der Waals surface area contributed by atoms with Crippen LogP contribution in [0.1, 0.15) is 48.8 Å². The second-order valence-electron chi connectivity index (χ2n) is 7.94. The topological polar surface area (TPSA) is 63.6 Å². The van der Waals surface area contributed by atoms with Gasteiger partial charge in [-0.15, -0.1) is 5.10 Å². The zero-order valence-electron chi connectivity index (χ0n) is 16.9. The molecule has 150 valence electrons. The number of anilines is 1. The SMILES string of the molecule is Cc1ccc(C(C)Nc2nnc(C3CC3)c3ccc(-c4ccc(F)cc4)cc23)nn1. The van der Waals surface area contributed by atoms with Gasteiger partial charge in [0.15, 0.2) is 5.82 Å². The number of aromatic nitrogens is 4. The summed E-state index contributed by atoms with van der Waals surface area (Å²) in [5.74, 6) is 0.969. The molecule has 30 heavy (non-hydrogen) atoms. The van der Waals surface area contributed by atoms with E-state index in [1.54, 1.807) is 12.1 Å². The Hall–Kier alpha value is -3.41. The first-order valence-electron chi connectivity index (χ1n) is 10.2. The van der Waals surface area contributed by atoms with Crippen LogP contribution in [-0.4, -0.2) is 20.4 Å². The maximum atomic E-state index is 13.4. The highest BCUT2D eigenvalue weighted by Gasteiger charge is 2.28. The summed E-state index contributed by atoms with van der Waals surface area (Å²) in [6, 6.07) is 16.7. The summed E-state index contributed by atoms with van der Waals surface area (Å²) in [4.78, 5) is 0. The number of benzene rings is 2. The molecule has 1 unspecified atom stereocenters. The Bertz CT molecular complexity index is 1200. The van der Waals surface area contributed by atoms with Gasteiger partial charge in [0.1, 0.15) is 5.82 Å². The molecule has 0 spiro atoms. The average molecular weight is 399 g/mol. The fraction of sp³-hybridized carbons (Fsp3) is 0.250. The monoisotopic (exact) mass is 399 g/mol. The second kappa shape index (κ2) is 7.44. The molecule has 1 aliphatic carbocycles. The molecule has 0 radical (unpaired) electrons. The van der Waals surface area contributed by atoms with Crippen molar-refractivity contribution in [2.45, 2.75) is 38.6 Å². The van der Waals surface area contributed by atoms with Crippen LogP contribution in [0.2, 0.25) is 0 Å². The molecule has 4 aromatic rings. The lowest BCUT2D eigenvalue weighted by Gasteiger charge is -2.16. The van der Waals surface area contributed by atoms with Gasteiger partial charge in [0.2, 0.25) is 0 Å². The average Bonchev–Trinajstić information content (AvgIpc) is 3.60. The highest BCUT2D eigenvalue weighted by Crippen LogP contribution is 2.43. The lowest BCUT2D eigenvalue weighted by atomic mass is 10.00. The second-order valence-corrected chi connectivity index (χ2v) is 7.94. The number of halogens is 1. The van der Waals surface area contributed by atoms with Gasteiger partial charge in [-0.1, -0.05) is 24.3 Å². The highest BCUT2D eigenvalue weighted by atomic mass is 19.1. The third-order valence-corrected chi connectivity index (χ3v) is 5.57. The Morgan fingerprint density at radius 1 is 0.867 bits per heavy atom. The molecule has 1 fully saturated rings. The first kappa shape index (κ1) is 18.6. The minimum atomic E-state index is -0.239. The molecule has 0 bridgehead atoms. The zero-order chi connectivity index (χ0) is 20.7. The van der Waals surface area contributed by atoms with Gasteiger partial charge in [0, 0.05) is 16.7 Å². The van der Waals surface area contributed by atoms with Crippen LogP contribution in [0.3, 0.4) is 0 Å².